The molecule has 0 radical (unpaired) electrons. The van der Waals surface area contributed by atoms with Crippen LogP contribution in [-0.4, -0.2) is 49.0 Å². The van der Waals surface area contributed by atoms with Crippen LogP contribution < -0.4 is 10.6 Å². The molecule has 5 nitrogen and oxygen atoms in total. The summed E-state index contributed by atoms with van der Waals surface area (Å²) in [6, 6.07) is 3.30. The summed E-state index contributed by atoms with van der Waals surface area (Å²) in [4.78, 5) is 18.7. The maximum absolute atomic E-state index is 12.3. The maximum atomic E-state index is 12.3. The van der Waals surface area contributed by atoms with Crippen molar-refractivity contribution in [2.45, 2.75) is 31.2 Å². The average molecular weight is 311 g/mol. The standard InChI is InChI=1S/C15H23ClN4O/c1-17-13-9-11(8-12(16)19-13)14(21)18-10-15(20(2)3)6-4-5-7-15/h8-9H,4-7,10H2,1-3H3,(H,17,19)(H,18,21). The van der Waals surface area contributed by atoms with Gasteiger partial charge in [-0.2, -0.15) is 0 Å². The van der Waals surface area contributed by atoms with Gasteiger partial charge in [-0.3, -0.25) is 4.79 Å². The molecule has 1 aliphatic carbocycles. The fraction of sp³-hybridized carbons (Fsp3) is 0.600. The van der Waals surface area contributed by atoms with Crippen LogP contribution in [0.4, 0.5) is 5.82 Å². The number of nitrogens with zero attached hydrogens (tertiary/aromatic N) is 2. The number of pyridine rings is 1. The lowest BCUT2D eigenvalue weighted by Crippen LogP contribution is -2.50. The molecule has 1 aromatic heterocycles. The molecule has 6 heteroatoms. The molecule has 21 heavy (non-hydrogen) atoms. The second kappa shape index (κ2) is 6.62. The van der Waals surface area contributed by atoms with Gasteiger partial charge >= 0.3 is 0 Å². The van der Waals surface area contributed by atoms with Gasteiger partial charge in [-0.1, -0.05) is 24.4 Å². The third kappa shape index (κ3) is 3.66. The number of carbonyl (C=O) groups is 1. The number of hydrogen-bond donors (Lipinski definition) is 2. The van der Waals surface area contributed by atoms with Crippen LogP contribution in [0.3, 0.4) is 0 Å². The van der Waals surface area contributed by atoms with Gasteiger partial charge in [0.15, 0.2) is 0 Å². The minimum atomic E-state index is -0.107. The number of rotatable bonds is 5. The van der Waals surface area contributed by atoms with Crippen molar-refractivity contribution >= 4 is 23.3 Å². The summed E-state index contributed by atoms with van der Waals surface area (Å²) in [7, 11) is 5.92. The van der Waals surface area contributed by atoms with Crippen LogP contribution in [-0.2, 0) is 0 Å². The molecule has 2 rings (SSSR count). The van der Waals surface area contributed by atoms with Gasteiger partial charge in [0.1, 0.15) is 11.0 Å². The van der Waals surface area contributed by atoms with Crippen molar-refractivity contribution < 1.29 is 4.79 Å². The SMILES string of the molecule is CNc1cc(C(=O)NCC2(N(C)C)CCCC2)cc(Cl)n1. The monoisotopic (exact) mass is 310 g/mol. The molecule has 1 saturated carbocycles. The van der Waals surface area contributed by atoms with Gasteiger partial charge in [0.05, 0.1) is 0 Å². The highest BCUT2D eigenvalue weighted by Gasteiger charge is 2.36. The number of hydrogen-bond acceptors (Lipinski definition) is 4. The predicted molar refractivity (Wildman–Crippen MR) is 86.0 cm³/mol. The van der Waals surface area contributed by atoms with E-state index in [4.69, 9.17) is 11.6 Å². The van der Waals surface area contributed by atoms with Crippen LogP contribution in [0.1, 0.15) is 36.0 Å². The van der Waals surface area contributed by atoms with Gasteiger partial charge in [-0.05, 0) is 39.1 Å². The summed E-state index contributed by atoms with van der Waals surface area (Å²) in [5.74, 6) is 0.486. The molecule has 1 amide bonds. The molecule has 1 aliphatic rings. The van der Waals surface area contributed by atoms with Crippen LogP contribution >= 0.6 is 11.6 Å². The van der Waals surface area contributed by atoms with Crippen molar-refractivity contribution in [3.05, 3.63) is 22.8 Å². The highest BCUT2D eigenvalue weighted by atomic mass is 35.5. The van der Waals surface area contributed by atoms with Crippen LogP contribution in [0.25, 0.3) is 0 Å². The van der Waals surface area contributed by atoms with E-state index in [1.165, 1.54) is 12.8 Å². The lowest BCUT2D eigenvalue weighted by Gasteiger charge is -2.36. The number of aromatic nitrogens is 1. The third-order valence-corrected chi connectivity index (χ3v) is 4.57. The van der Waals surface area contributed by atoms with E-state index in [1.807, 2.05) is 0 Å². The second-order valence-corrected chi connectivity index (χ2v) is 6.21. The van der Waals surface area contributed by atoms with Crippen LogP contribution in [0.5, 0.6) is 0 Å². The Morgan fingerprint density at radius 2 is 2.05 bits per heavy atom. The van der Waals surface area contributed by atoms with E-state index in [-0.39, 0.29) is 11.4 Å². The van der Waals surface area contributed by atoms with Gasteiger partial charge in [-0.15, -0.1) is 0 Å². The fourth-order valence-corrected chi connectivity index (χ4v) is 3.13. The van der Waals surface area contributed by atoms with Crippen molar-refractivity contribution in [1.29, 1.82) is 0 Å². The summed E-state index contributed by atoms with van der Waals surface area (Å²) >= 11 is 5.94. The van der Waals surface area contributed by atoms with Crippen molar-refractivity contribution in [3.63, 3.8) is 0 Å². The van der Waals surface area contributed by atoms with E-state index in [9.17, 15) is 4.79 Å². The van der Waals surface area contributed by atoms with E-state index >= 15 is 0 Å². The van der Waals surface area contributed by atoms with E-state index in [0.717, 1.165) is 12.8 Å². The normalized spacial score (nSPS) is 17.0. The van der Waals surface area contributed by atoms with Gasteiger partial charge in [-0.25, -0.2) is 4.98 Å². The second-order valence-electron chi connectivity index (χ2n) is 5.82. The first kappa shape index (κ1) is 16.0. The molecule has 116 valence electrons. The first-order chi connectivity index (χ1) is 9.97. The number of anilines is 1. The quantitative estimate of drug-likeness (QED) is 0.820. The fourth-order valence-electron chi connectivity index (χ4n) is 2.92. The van der Waals surface area contributed by atoms with Gasteiger partial charge in [0, 0.05) is 24.7 Å². The van der Waals surface area contributed by atoms with E-state index in [1.54, 1.807) is 19.2 Å². The molecular formula is C15H23ClN4O. The maximum Gasteiger partial charge on any atom is 0.251 e. The highest BCUT2D eigenvalue weighted by Crippen LogP contribution is 2.33. The molecule has 1 fully saturated rings. The zero-order valence-corrected chi connectivity index (χ0v) is 13.6. The Labute approximate surface area is 131 Å². The molecule has 2 N–H and O–H groups in total. The lowest BCUT2D eigenvalue weighted by atomic mass is 9.96. The number of halogens is 1. The topological polar surface area (TPSA) is 57.3 Å². The molecule has 0 atom stereocenters. The van der Waals surface area contributed by atoms with Gasteiger partial charge in [0.25, 0.3) is 5.91 Å². The van der Waals surface area contributed by atoms with Crippen molar-refractivity contribution in [3.8, 4) is 0 Å². The van der Waals surface area contributed by atoms with Crippen molar-refractivity contribution in [1.82, 2.24) is 15.2 Å². The summed E-state index contributed by atoms with van der Waals surface area (Å²) in [6.07, 6.45) is 4.69. The predicted octanol–water partition coefficient (Wildman–Crippen LogP) is 2.38. The van der Waals surface area contributed by atoms with E-state index in [0.29, 0.717) is 23.1 Å². The van der Waals surface area contributed by atoms with Crippen molar-refractivity contribution in [2.24, 2.45) is 0 Å². The van der Waals surface area contributed by atoms with Gasteiger partial charge in [0.2, 0.25) is 0 Å². The number of carbonyl (C=O) groups excluding carboxylic acids is 1. The molecule has 0 unspecified atom stereocenters. The molecule has 0 aliphatic heterocycles. The zero-order chi connectivity index (χ0) is 15.5. The first-order valence-corrected chi connectivity index (χ1v) is 7.66. The Bertz CT molecular complexity index is 512. The Morgan fingerprint density at radius 1 is 1.38 bits per heavy atom. The molecule has 0 saturated heterocycles. The molecule has 1 heterocycles. The Morgan fingerprint density at radius 3 is 2.62 bits per heavy atom. The number of nitrogens with one attached hydrogen (secondary N) is 2. The number of amides is 1. The lowest BCUT2D eigenvalue weighted by molar-refractivity contribution is 0.0900. The first-order valence-electron chi connectivity index (χ1n) is 7.28. The Kier molecular flexibility index (Phi) is 5.06. The van der Waals surface area contributed by atoms with Crippen LogP contribution in [0.15, 0.2) is 12.1 Å². The molecule has 0 bridgehead atoms. The number of likely N-dealkylation sites (N-methyl/N-ethyl adjacent to an activating group) is 1. The van der Waals surface area contributed by atoms with Crippen molar-refractivity contribution in [2.75, 3.05) is 33.0 Å². The summed E-state index contributed by atoms with van der Waals surface area (Å²) in [6.45, 7) is 0.660. The summed E-state index contributed by atoms with van der Waals surface area (Å²) in [5.41, 5.74) is 0.615. The molecule has 0 spiro atoms. The molecular weight excluding hydrogens is 288 g/mol. The Hall–Kier alpha value is -1.33. The minimum Gasteiger partial charge on any atom is -0.373 e. The molecule has 0 aromatic carbocycles. The minimum absolute atomic E-state index is 0.0817. The highest BCUT2D eigenvalue weighted by molar-refractivity contribution is 6.29. The van der Waals surface area contributed by atoms with Crippen LogP contribution in [0, 0.1) is 0 Å². The third-order valence-electron chi connectivity index (χ3n) is 4.37. The smallest absolute Gasteiger partial charge is 0.251 e. The largest absolute Gasteiger partial charge is 0.373 e. The Balaban J connectivity index is 2.06. The van der Waals surface area contributed by atoms with E-state index < -0.39 is 0 Å². The van der Waals surface area contributed by atoms with Crippen LogP contribution in [0.2, 0.25) is 5.15 Å². The summed E-state index contributed by atoms with van der Waals surface area (Å²) in [5, 5.41) is 6.26. The average Bonchev–Trinajstić information content (AvgIpc) is 2.94. The molecule has 1 aromatic rings. The zero-order valence-electron chi connectivity index (χ0n) is 12.9. The van der Waals surface area contributed by atoms with E-state index in [2.05, 4.69) is 34.6 Å². The summed E-state index contributed by atoms with van der Waals surface area (Å²) < 4.78 is 0. The van der Waals surface area contributed by atoms with Gasteiger partial charge < -0.3 is 15.5 Å².